The summed E-state index contributed by atoms with van der Waals surface area (Å²) in [6, 6.07) is 14.3. The molecular formula is C29H34N6O. The molecule has 186 valence electrons. The van der Waals surface area contributed by atoms with E-state index in [2.05, 4.69) is 75.0 Å². The third kappa shape index (κ3) is 4.24. The van der Waals surface area contributed by atoms with Gasteiger partial charge < -0.3 is 10.6 Å². The number of benzene rings is 1. The van der Waals surface area contributed by atoms with Crippen molar-refractivity contribution in [3.63, 3.8) is 0 Å². The summed E-state index contributed by atoms with van der Waals surface area (Å²) in [5.74, 6) is 1.36. The van der Waals surface area contributed by atoms with Crippen LogP contribution in [0.3, 0.4) is 0 Å². The molecule has 1 aromatic carbocycles. The number of aromatic nitrogens is 4. The highest BCUT2D eigenvalue weighted by Gasteiger charge is 2.27. The van der Waals surface area contributed by atoms with Crippen LogP contribution in [0.25, 0.3) is 16.7 Å². The lowest BCUT2D eigenvalue weighted by Gasteiger charge is -2.33. The van der Waals surface area contributed by atoms with Crippen molar-refractivity contribution in [2.45, 2.75) is 58.5 Å². The van der Waals surface area contributed by atoms with Crippen LogP contribution < -0.4 is 16.2 Å². The molecule has 0 aliphatic carbocycles. The molecule has 4 aromatic rings. The Morgan fingerprint density at radius 3 is 2.75 bits per heavy atom. The highest BCUT2D eigenvalue weighted by molar-refractivity contribution is 5.82. The first-order valence-corrected chi connectivity index (χ1v) is 12.4. The van der Waals surface area contributed by atoms with E-state index in [4.69, 9.17) is 4.98 Å². The van der Waals surface area contributed by atoms with Crippen LogP contribution in [-0.2, 0) is 23.9 Å². The van der Waals surface area contributed by atoms with Gasteiger partial charge in [0.25, 0.3) is 5.56 Å². The van der Waals surface area contributed by atoms with Crippen molar-refractivity contribution in [1.29, 1.82) is 0 Å². The number of fused-ring (bicyclic) bond motifs is 2. The normalized spacial score (nSPS) is 15.0. The van der Waals surface area contributed by atoms with Crippen molar-refractivity contribution in [3.8, 4) is 5.82 Å². The zero-order chi connectivity index (χ0) is 25.7. The van der Waals surface area contributed by atoms with Gasteiger partial charge in [0.15, 0.2) is 5.82 Å². The fraction of sp³-hybridized carbons (Fsp3) is 0.345. The lowest BCUT2D eigenvalue weighted by Crippen LogP contribution is -2.38. The van der Waals surface area contributed by atoms with Crippen LogP contribution in [0.5, 0.6) is 0 Å². The summed E-state index contributed by atoms with van der Waals surface area (Å²) in [5, 5.41) is 7.50. The Labute approximate surface area is 211 Å². The fourth-order valence-electron chi connectivity index (χ4n) is 4.94. The van der Waals surface area contributed by atoms with E-state index in [1.54, 1.807) is 17.0 Å². The molecule has 2 N–H and O–H groups in total. The number of allylic oxidation sites excluding steroid dienone is 1. The molecule has 0 atom stereocenters. The predicted octanol–water partition coefficient (Wildman–Crippen LogP) is 5.19. The standard InChI is InChI=1S/C29H34N6O/c1-7-13-34-27(36)21-17-31-25(32-20-11-12-22-19(14-20)16-30-18-29(22,5)6)15-23(21)35(34)26-10-8-9-24(33-26)28(2,3)4/h7-12,14-15,17,30H,1,13,16,18H2,2-6H3,(H,31,32). The maximum absolute atomic E-state index is 13.3. The number of anilines is 2. The average Bonchev–Trinajstić information content (AvgIpc) is 3.09. The van der Waals surface area contributed by atoms with E-state index in [-0.39, 0.29) is 16.4 Å². The van der Waals surface area contributed by atoms with Gasteiger partial charge in [-0.15, -0.1) is 6.58 Å². The molecule has 0 fully saturated rings. The molecule has 3 aromatic heterocycles. The van der Waals surface area contributed by atoms with Gasteiger partial charge in [-0.05, 0) is 35.4 Å². The summed E-state index contributed by atoms with van der Waals surface area (Å²) in [7, 11) is 0. The lowest BCUT2D eigenvalue weighted by molar-refractivity contribution is 0.435. The van der Waals surface area contributed by atoms with Gasteiger partial charge in [-0.2, -0.15) is 0 Å². The van der Waals surface area contributed by atoms with Crippen LogP contribution in [0.15, 0.2) is 66.1 Å². The molecule has 4 heterocycles. The first kappa shape index (κ1) is 24.0. The second kappa shape index (κ2) is 8.75. The van der Waals surface area contributed by atoms with Crippen LogP contribution in [0.1, 0.15) is 51.4 Å². The van der Waals surface area contributed by atoms with Gasteiger partial charge >= 0.3 is 0 Å². The smallest absolute Gasteiger partial charge is 0.276 e. The summed E-state index contributed by atoms with van der Waals surface area (Å²) < 4.78 is 3.53. The lowest BCUT2D eigenvalue weighted by atomic mass is 9.79. The quantitative estimate of drug-likeness (QED) is 0.383. The zero-order valence-corrected chi connectivity index (χ0v) is 21.7. The Morgan fingerprint density at radius 1 is 1.19 bits per heavy atom. The van der Waals surface area contributed by atoms with E-state index in [0.29, 0.717) is 23.6 Å². The Morgan fingerprint density at radius 2 is 2.00 bits per heavy atom. The van der Waals surface area contributed by atoms with E-state index in [0.717, 1.165) is 30.0 Å². The van der Waals surface area contributed by atoms with Gasteiger partial charge in [0.1, 0.15) is 5.82 Å². The maximum Gasteiger partial charge on any atom is 0.276 e. The molecule has 5 rings (SSSR count). The fourth-order valence-corrected chi connectivity index (χ4v) is 4.94. The Bertz CT molecular complexity index is 1520. The summed E-state index contributed by atoms with van der Waals surface area (Å²) >= 11 is 0. The van der Waals surface area contributed by atoms with E-state index in [9.17, 15) is 4.79 Å². The molecule has 1 aliphatic heterocycles. The van der Waals surface area contributed by atoms with Gasteiger partial charge in [0.05, 0.1) is 17.4 Å². The molecule has 0 unspecified atom stereocenters. The minimum absolute atomic E-state index is 0.0992. The SMILES string of the molecule is C=CCn1c(=O)c2cnc(Nc3ccc4c(c3)CNCC4(C)C)cc2n1-c1cccc(C(C)(C)C)n1. The predicted molar refractivity (Wildman–Crippen MR) is 146 cm³/mol. The molecule has 0 saturated carbocycles. The van der Waals surface area contributed by atoms with Crippen molar-refractivity contribution in [1.82, 2.24) is 24.6 Å². The summed E-state index contributed by atoms with van der Waals surface area (Å²) in [6.45, 7) is 16.9. The number of nitrogens with zero attached hydrogens (tertiary/aromatic N) is 4. The molecule has 36 heavy (non-hydrogen) atoms. The van der Waals surface area contributed by atoms with E-state index >= 15 is 0 Å². The van der Waals surface area contributed by atoms with Crippen LogP contribution >= 0.6 is 0 Å². The highest BCUT2D eigenvalue weighted by atomic mass is 16.1. The third-order valence-electron chi connectivity index (χ3n) is 6.83. The number of nitrogens with one attached hydrogen (secondary N) is 2. The Kier molecular flexibility index (Phi) is 5.83. The van der Waals surface area contributed by atoms with E-state index in [1.807, 2.05) is 28.9 Å². The van der Waals surface area contributed by atoms with Crippen molar-refractivity contribution >= 4 is 22.4 Å². The van der Waals surface area contributed by atoms with Crippen molar-refractivity contribution in [3.05, 3.63) is 88.5 Å². The average molecular weight is 483 g/mol. The first-order chi connectivity index (χ1) is 17.1. The summed E-state index contributed by atoms with van der Waals surface area (Å²) in [6.07, 6.45) is 3.37. The molecule has 1 aliphatic rings. The highest BCUT2D eigenvalue weighted by Crippen LogP contribution is 2.32. The number of rotatable bonds is 5. The van der Waals surface area contributed by atoms with Crippen LogP contribution in [0, 0.1) is 0 Å². The Hall–Kier alpha value is -3.71. The molecule has 0 radical (unpaired) electrons. The number of hydrogen-bond donors (Lipinski definition) is 2. The summed E-state index contributed by atoms with van der Waals surface area (Å²) in [5.41, 5.74) is 5.19. The monoisotopic (exact) mass is 482 g/mol. The molecule has 0 amide bonds. The summed E-state index contributed by atoms with van der Waals surface area (Å²) in [4.78, 5) is 22.8. The maximum atomic E-state index is 13.3. The first-order valence-electron chi connectivity index (χ1n) is 12.4. The molecule has 0 spiro atoms. The van der Waals surface area contributed by atoms with Gasteiger partial charge in [-0.3, -0.25) is 4.79 Å². The van der Waals surface area contributed by atoms with Crippen LogP contribution in [0.4, 0.5) is 11.5 Å². The second-order valence-corrected chi connectivity index (χ2v) is 11.2. The van der Waals surface area contributed by atoms with Crippen molar-refractivity contribution in [2.24, 2.45) is 0 Å². The van der Waals surface area contributed by atoms with Crippen molar-refractivity contribution in [2.75, 3.05) is 11.9 Å². The Balaban J connectivity index is 1.60. The van der Waals surface area contributed by atoms with Gasteiger partial charge in [0, 0.05) is 47.6 Å². The molecule has 7 nitrogen and oxygen atoms in total. The minimum Gasteiger partial charge on any atom is -0.340 e. The molecule has 0 saturated heterocycles. The zero-order valence-electron chi connectivity index (χ0n) is 21.7. The second-order valence-electron chi connectivity index (χ2n) is 11.2. The topological polar surface area (TPSA) is 76.8 Å². The van der Waals surface area contributed by atoms with Crippen LogP contribution in [-0.4, -0.2) is 25.9 Å². The third-order valence-corrected chi connectivity index (χ3v) is 6.83. The van der Waals surface area contributed by atoms with Gasteiger partial charge in [-0.1, -0.05) is 52.8 Å². The van der Waals surface area contributed by atoms with Gasteiger partial charge in [0.2, 0.25) is 0 Å². The van der Waals surface area contributed by atoms with E-state index < -0.39 is 0 Å². The van der Waals surface area contributed by atoms with E-state index in [1.165, 1.54) is 11.1 Å². The molecular weight excluding hydrogens is 448 g/mol. The number of pyridine rings is 2. The minimum atomic E-state index is -0.118. The largest absolute Gasteiger partial charge is 0.340 e. The van der Waals surface area contributed by atoms with Crippen LogP contribution in [0.2, 0.25) is 0 Å². The van der Waals surface area contributed by atoms with Gasteiger partial charge in [-0.25, -0.2) is 19.3 Å². The molecule has 0 bridgehead atoms. The number of hydrogen-bond acceptors (Lipinski definition) is 5. The van der Waals surface area contributed by atoms with Crippen molar-refractivity contribution < 1.29 is 0 Å². The molecule has 7 heteroatoms.